The molecule has 0 saturated carbocycles. The molecule has 9 heteroatoms. The normalized spacial score (nSPS) is 11.2. The first kappa shape index (κ1) is 28.6. The lowest BCUT2D eigenvalue weighted by atomic mass is 10.0. The number of methoxy groups -OCH3 is 1. The molecule has 0 aliphatic rings. The first-order valence-corrected chi connectivity index (χ1v) is 12.2. The Labute approximate surface area is 219 Å². The molecule has 0 radical (unpaired) electrons. The summed E-state index contributed by atoms with van der Waals surface area (Å²) in [4.78, 5) is 26.4. The number of hydrogen-bond donors (Lipinski definition) is 0. The number of anilines is 1. The van der Waals surface area contributed by atoms with Crippen molar-refractivity contribution in [1.29, 1.82) is 0 Å². The van der Waals surface area contributed by atoms with E-state index in [2.05, 4.69) is 9.47 Å². The number of hydrogen-bond acceptors (Lipinski definition) is 5. The number of carbonyl (C=O) groups is 2. The molecule has 3 rings (SSSR count). The highest BCUT2D eigenvalue weighted by atomic mass is 19.4. The highest BCUT2D eigenvalue weighted by Crippen LogP contribution is 2.36. The molecular formula is C29H30F3NO5. The summed E-state index contributed by atoms with van der Waals surface area (Å²) in [6, 6.07) is 20.3. The molecule has 0 heterocycles. The summed E-state index contributed by atoms with van der Waals surface area (Å²) >= 11 is 0. The molecule has 3 aromatic rings. The van der Waals surface area contributed by atoms with Crippen LogP contribution in [0.1, 0.15) is 32.3 Å². The predicted octanol–water partition coefficient (Wildman–Crippen LogP) is 6.57. The third-order valence-corrected chi connectivity index (χ3v) is 5.58. The molecule has 0 fully saturated rings. The molecule has 3 aromatic carbocycles. The second-order valence-corrected chi connectivity index (χ2v) is 8.81. The van der Waals surface area contributed by atoms with E-state index < -0.39 is 18.2 Å². The third kappa shape index (κ3) is 8.26. The van der Waals surface area contributed by atoms with Gasteiger partial charge < -0.3 is 19.1 Å². The van der Waals surface area contributed by atoms with Crippen molar-refractivity contribution in [2.45, 2.75) is 45.6 Å². The van der Waals surface area contributed by atoms with Crippen LogP contribution in [0.15, 0.2) is 72.8 Å². The van der Waals surface area contributed by atoms with E-state index in [1.54, 1.807) is 18.2 Å². The van der Waals surface area contributed by atoms with Gasteiger partial charge in [-0.05, 0) is 74.6 Å². The van der Waals surface area contributed by atoms with Gasteiger partial charge in [0.15, 0.2) is 0 Å². The number of aryl methyl sites for hydroxylation is 1. The number of esters is 1. The van der Waals surface area contributed by atoms with E-state index in [4.69, 9.17) is 4.74 Å². The zero-order valence-electron chi connectivity index (χ0n) is 21.5. The lowest BCUT2D eigenvalue weighted by molar-refractivity contribution is -0.274. The Morgan fingerprint density at radius 2 is 1.61 bits per heavy atom. The molecule has 0 saturated heterocycles. The molecule has 0 aliphatic heterocycles. The molecule has 202 valence electrons. The Bertz CT molecular complexity index is 1210. The maximum absolute atomic E-state index is 12.9. The van der Waals surface area contributed by atoms with Crippen molar-refractivity contribution < 1.29 is 37.0 Å². The lowest BCUT2D eigenvalue weighted by Crippen LogP contribution is -2.38. The summed E-state index contributed by atoms with van der Waals surface area (Å²) in [7, 11) is 1.14. The predicted molar refractivity (Wildman–Crippen MR) is 138 cm³/mol. The maximum Gasteiger partial charge on any atom is 0.573 e. The van der Waals surface area contributed by atoms with Crippen LogP contribution in [-0.4, -0.2) is 38.0 Å². The second-order valence-electron chi connectivity index (χ2n) is 8.81. The van der Waals surface area contributed by atoms with Crippen LogP contribution in [0.5, 0.6) is 11.5 Å². The van der Waals surface area contributed by atoms with Gasteiger partial charge in [0.2, 0.25) is 0 Å². The molecule has 38 heavy (non-hydrogen) atoms. The molecular weight excluding hydrogens is 499 g/mol. The van der Waals surface area contributed by atoms with E-state index in [1.165, 1.54) is 34.7 Å². The van der Waals surface area contributed by atoms with E-state index in [-0.39, 0.29) is 18.4 Å². The van der Waals surface area contributed by atoms with Gasteiger partial charge >= 0.3 is 18.2 Å². The van der Waals surface area contributed by atoms with Crippen molar-refractivity contribution in [1.82, 2.24) is 0 Å². The fraction of sp³-hybridized carbons (Fsp3) is 0.310. The summed E-state index contributed by atoms with van der Waals surface area (Å²) < 4.78 is 52.3. The summed E-state index contributed by atoms with van der Waals surface area (Å²) in [6.45, 7) is 3.96. The monoisotopic (exact) mass is 529 g/mol. The van der Waals surface area contributed by atoms with Gasteiger partial charge in [0, 0.05) is 17.8 Å². The van der Waals surface area contributed by atoms with Crippen molar-refractivity contribution in [2.24, 2.45) is 0 Å². The minimum absolute atomic E-state index is 0.182. The van der Waals surface area contributed by atoms with E-state index in [0.717, 1.165) is 20.0 Å². The minimum Gasteiger partial charge on any atom is -0.490 e. The highest BCUT2D eigenvalue weighted by Gasteiger charge is 2.31. The Morgan fingerprint density at radius 1 is 0.921 bits per heavy atom. The van der Waals surface area contributed by atoms with Crippen molar-refractivity contribution in [3.05, 3.63) is 78.4 Å². The van der Waals surface area contributed by atoms with Gasteiger partial charge in [0.25, 0.3) is 0 Å². The molecule has 6 nitrogen and oxygen atoms in total. The van der Waals surface area contributed by atoms with Crippen LogP contribution in [0.2, 0.25) is 0 Å². The van der Waals surface area contributed by atoms with Gasteiger partial charge in [-0.3, -0.25) is 4.79 Å². The number of alkyl halides is 3. The SMILES string of the molecule is COC(=O)C(=O)N(CCCCc1ccccc1)c1ccc(OC(C)C)c(-c2ccc(OC(F)(F)F)cc2)c1. The Balaban J connectivity index is 1.90. The Hall–Kier alpha value is -4.01. The zero-order chi connectivity index (χ0) is 27.7. The van der Waals surface area contributed by atoms with E-state index in [9.17, 15) is 22.8 Å². The van der Waals surface area contributed by atoms with Crippen LogP contribution in [0, 0.1) is 0 Å². The number of ether oxygens (including phenoxy) is 3. The fourth-order valence-electron chi connectivity index (χ4n) is 3.89. The van der Waals surface area contributed by atoms with Crippen molar-refractivity contribution in [3.8, 4) is 22.6 Å². The molecule has 0 spiro atoms. The van der Waals surface area contributed by atoms with Gasteiger partial charge in [0.1, 0.15) is 11.5 Å². The van der Waals surface area contributed by atoms with Crippen LogP contribution in [0.4, 0.5) is 18.9 Å². The number of amides is 1. The molecule has 0 aromatic heterocycles. The summed E-state index contributed by atoms with van der Waals surface area (Å²) in [5.74, 6) is -1.69. The molecule has 0 aliphatic carbocycles. The minimum atomic E-state index is -4.80. The van der Waals surface area contributed by atoms with Crippen LogP contribution in [0.3, 0.4) is 0 Å². The van der Waals surface area contributed by atoms with Gasteiger partial charge in [0.05, 0.1) is 13.2 Å². The number of carbonyl (C=O) groups excluding carboxylic acids is 2. The van der Waals surface area contributed by atoms with Crippen LogP contribution < -0.4 is 14.4 Å². The number of unbranched alkanes of at least 4 members (excludes halogenated alkanes) is 1. The van der Waals surface area contributed by atoms with Crippen LogP contribution in [0.25, 0.3) is 11.1 Å². The molecule has 0 N–H and O–H groups in total. The number of rotatable bonds is 10. The van der Waals surface area contributed by atoms with E-state index >= 15 is 0 Å². The van der Waals surface area contributed by atoms with Gasteiger partial charge in [-0.15, -0.1) is 13.2 Å². The average molecular weight is 530 g/mol. The number of nitrogens with zero attached hydrogens (tertiary/aromatic N) is 1. The summed E-state index contributed by atoms with van der Waals surface area (Å²) in [5.41, 5.74) is 2.70. The van der Waals surface area contributed by atoms with Crippen LogP contribution >= 0.6 is 0 Å². The first-order chi connectivity index (χ1) is 18.1. The fourth-order valence-corrected chi connectivity index (χ4v) is 3.89. The molecule has 1 amide bonds. The van der Waals surface area contributed by atoms with Gasteiger partial charge in [-0.2, -0.15) is 0 Å². The van der Waals surface area contributed by atoms with E-state index in [1.807, 2.05) is 44.2 Å². The number of halogens is 3. The van der Waals surface area contributed by atoms with Crippen LogP contribution in [-0.2, 0) is 20.7 Å². The largest absolute Gasteiger partial charge is 0.573 e. The first-order valence-electron chi connectivity index (χ1n) is 12.2. The highest BCUT2D eigenvalue weighted by molar-refractivity contribution is 6.38. The van der Waals surface area contributed by atoms with Crippen molar-refractivity contribution in [3.63, 3.8) is 0 Å². The lowest BCUT2D eigenvalue weighted by Gasteiger charge is -2.24. The van der Waals surface area contributed by atoms with Crippen molar-refractivity contribution >= 4 is 17.6 Å². The second kappa shape index (κ2) is 13.0. The Morgan fingerprint density at radius 3 is 2.21 bits per heavy atom. The Kier molecular flexibility index (Phi) is 9.76. The standard InChI is InChI=1S/C29H30F3NO5/c1-20(2)37-26-17-14-23(19-25(26)22-12-15-24(16-13-22)38-29(30,31)32)33(27(34)28(35)36-3)18-8-7-11-21-9-5-4-6-10-21/h4-6,9-10,12-17,19-20H,7-8,11,18H2,1-3H3. The molecule has 0 atom stereocenters. The topological polar surface area (TPSA) is 65.1 Å². The zero-order valence-corrected chi connectivity index (χ0v) is 21.5. The van der Waals surface area contributed by atoms with Crippen molar-refractivity contribution in [2.75, 3.05) is 18.6 Å². The molecule has 0 bridgehead atoms. The van der Waals surface area contributed by atoms with Gasteiger partial charge in [-0.1, -0.05) is 42.5 Å². The third-order valence-electron chi connectivity index (χ3n) is 5.58. The smallest absolute Gasteiger partial charge is 0.490 e. The quantitative estimate of drug-likeness (QED) is 0.169. The molecule has 0 unspecified atom stereocenters. The average Bonchev–Trinajstić information content (AvgIpc) is 2.88. The van der Waals surface area contributed by atoms with E-state index in [0.29, 0.717) is 29.0 Å². The maximum atomic E-state index is 12.9. The summed E-state index contributed by atoms with van der Waals surface area (Å²) in [6.07, 6.45) is -2.75. The van der Waals surface area contributed by atoms with Gasteiger partial charge in [-0.25, -0.2) is 4.79 Å². The number of benzene rings is 3. The summed E-state index contributed by atoms with van der Waals surface area (Å²) in [5, 5.41) is 0.